The zero-order valence-corrected chi connectivity index (χ0v) is 23.0. The van der Waals surface area contributed by atoms with Crippen molar-refractivity contribution in [2.75, 3.05) is 52.4 Å². The first-order valence-electron chi connectivity index (χ1n) is 13.6. The van der Waals surface area contributed by atoms with Crippen LogP contribution in [0.15, 0.2) is 29.8 Å². The number of amides is 3. The number of fused-ring (bicyclic) bond motifs is 1. The molecule has 2 unspecified atom stereocenters. The summed E-state index contributed by atoms with van der Waals surface area (Å²) in [6.07, 6.45) is -5.61. The topological polar surface area (TPSA) is 55.9 Å². The average molecular weight is 575 g/mol. The van der Waals surface area contributed by atoms with Gasteiger partial charge in [0.2, 0.25) is 0 Å². The van der Waals surface area contributed by atoms with Gasteiger partial charge in [-0.3, -0.25) is 9.69 Å². The van der Waals surface area contributed by atoms with Crippen LogP contribution in [-0.2, 0) is 12.4 Å². The highest BCUT2D eigenvalue weighted by Crippen LogP contribution is 2.59. The molecule has 6 nitrogen and oxygen atoms in total. The first-order valence-corrected chi connectivity index (χ1v) is 13.6. The van der Waals surface area contributed by atoms with E-state index < -0.39 is 35.0 Å². The van der Waals surface area contributed by atoms with E-state index >= 15 is 0 Å². The fourth-order valence-electron chi connectivity index (χ4n) is 6.09. The van der Waals surface area contributed by atoms with E-state index in [1.54, 1.807) is 4.90 Å². The number of alkyl halides is 6. The molecule has 0 radical (unpaired) electrons. The molecule has 1 saturated carbocycles. The molecule has 1 saturated heterocycles. The van der Waals surface area contributed by atoms with Crippen LogP contribution < -0.4 is 5.32 Å². The molecule has 3 aliphatic carbocycles. The molecule has 1 aromatic carbocycles. The maximum Gasteiger partial charge on any atom is 0.416 e. The highest BCUT2D eigenvalue weighted by Gasteiger charge is 2.51. The number of benzene rings is 1. The lowest BCUT2D eigenvalue weighted by molar-refractivity contribution is -0.143. The van der Waals surface area contributed by atoms with Crippen LogP contribution in [0.2, 0.25) is 0 Å². The quantitative estimate of drug-likeness (QED) is 0.346. The molecule has 2 atom stereocenters. The maximum atomic E-state index is 13.2. The number of piperazine rings is 1. The van der Waals surface area contributed by atoms with Crippen molar-refractivity contribution in [1.29, 1.82) is 0 Å². The van der Waals surface area contributed by atoms with Crippen molar-refractivity contribution >= 4 is 11.9 Å². The summed E-state index contributed by atoms with van der Waals surface area (Å²) in [4.78, 5) is 30.8. The van der Waals surface area contributed by atoms with Crippen LogP contribution in [0, 0.1) is 17.3 Å². The van der Waals surface area contributed by atoms with Gasteiger partial charge in [0.05, 0.1) is 11.1 Å². The Hall–Kier alpha value is -2.76. The third kappa shape index (κ3) is 6.42. The minimum absolute atomic E-state index is 0.0167. The Labute approximate surface area is 230 Å². The van der Waals surface area contributed by atoms with Crippen molar-refractivity contribution in [2.45, 2.75) is 46.0 Å². The molecule has 40 heavy (non-hydrogen) atoms. The van der Waals surface area contributed by atoms with Gasteiger partial charge in [-0.2, -0.15) is 26.3 Å². The van der Waals surface area contributed by atoms with Crippen LogP contribution in [0.4, 0.5) is 31.1 Å². The second-order valence-electron chi connectivity index (χ2n) is 11.5. The van der Waals surface area contributed by atoms with Crippen LogP contribution >= 0.6 is 0 Å². The first-order chi connectivity index (χ1) is 18.6. The molecule has 3 amide bonds. The van der Waals surface area contributed by atoms with E-state index in [1.807, 2.05) is 11.8 Å². The lowest BCUT2D eigenvalue weighted by Crippen LogP contribution is -2.53. The number of hydrogen-bond donors (Lipinski definition) is 1. The summed E-state index contributed by atoms with van der Waals surface area (Å²) in [5.41, 5.74) is -2.14. The molecule has 5 rings (SSSR count). The Morgan fingerprint density at radius 2 is 1.60 bits per heavy atom. The van der Waals surface area contributed by atoms with Crippen LogP contribution in [0.3, 0.4) is 0 Å². The SMILES string of the molecule is CCNC(=O)N(CCN1CCN(C(=O)c2cc(C(F)(F)F)cc(C(F)(F)F)c2)CC1)CC1=CCC2CC1C2(C)C. The number of nitrogens with one attached hydrogen (secondary N) is 1. The molecule has 0 aromatic heterocycles. The fourth-order valence-corrected chi connectivity index (χ4v) is 6.09. The zero-order valence-electron chi connectivity index (χ0n) is 23.0. The van der Waals surface area contributed by atoms with E-state index in [4.69, 9.17) is 0 Å². The molecule has 2 bridgehead atoms. The number of carbonyl (C=O) groups excluding carboxylic acids is 2. The highest BCUT2D eigenvalue weighted by molar-refractivity contribution is 5.94. The number of nitrogens with zero attached hydrogens (tertiary/aromatic N) is 3. The second kappa shape index (κ2) is 11.3. The van der Waals surface area contributed by atoms with Gasteiger partial charge >= 0.3 is 18.4 Å². The standard InChI is InChI=1S/C28H36F6N4O2/c1-4-35-25(40)38(17-18-5-6-20-16-23(18)26(20,2)3)12-9-36-7-10-37(11-8-36)24(39)19-13-21(27(29,30)31)15-22(14-19)28(32,33)34/h5,13-15,20,23H,4,6-12,16-17H2,1-3H3,(H,35,40). The van der Waals surface area contributed by atoms with Crippen LogP contribution in [0.25, 0.3) is 0 Å². The molecule has 1 aromatic rings. The molecule has 12 heteroatoms. The lowest BCUT2D eigenvalue weighted by Gasteiger charge is -2.57. The molecule has 0 spiro atoms. The monoisotopic (exact) mass is 574 g/mol. The van der Waals surface area contributed by atoms with E-state index in [2.05, 4.69) is 25.2 Å². The summed E-state index contributed by atoms with van der Waals surface area (Å²) >= 11 is 0. The predicted molar refractivity (Wildman–Crippen MR) is 138 cm³/mol. The van der Waals surface area contributed by atoms with Gasteiger partial charge in [0.1, 0.15) is 0 Å². The minimum atomic E-state index is -5.02. The van der Waals surface area contributed by atoms with Gasteiger partial charge in [-0.15, -0.1) is 0 Å². The highest BCUT2D eigenvalue weighted by atomic mass is 19.4. The molecule has 222 valence electrons. The van der Waals surface area contributed by atoms with Gasteiger partial charge in [-0.05, 0) is 55.2 Å². The molecular formula is C28H36F6N4O2. The number of rotatable bonds is 7. The predicted octanol–water partition coefficient (Wildman–Crippen LogP) is 5.51. The van der Waals surface area contributed by atoms with E-state index in [-0.39, 0.29) is 30.6 Å². The fraction of sp³-hybridized carbons (Fsp3) is 0.643. The van der Waals surface area contributed by atoms with Crippen molar-refractivity contribution in [3.63, 3.8) is 0 Å². The van der Waals surface area contributed by atoms with Gasteiger partial charge in [0, 0.05) is 57.9 Å². The number of hydrogen-bond acceptors (Lipinski definition) is 3. The van der Waals surface area contributed by atoms with Crippen molar-refractivity contribution in [2.24, 2.45) is 17.3 Å². The van der Waals surface area contributed by atoms with Crippen molar-refractivity contribution in [3.05, 3.63) is 46.5 Å². The van der Waals surface area contributed by atoms with Crippen LogP contribution in [0.1, 0.15) is 55.1 Å². The summed E-state index contributed by atoms with van der Waals surface area (Å²) in [7, 11) is 0. The Morgan fingerprint density at radius 1 is 1.00 bits per heavy atom. The Kier molecular flexibility index (Phi) is 8.50. The number of halogens is 6. The summed E-state index contributed by atoms with van der Waals surface area (Å²) in [6.45, 7) is 9.52. The summed E-state index contributed by atoms with van der Waals surface area (Å²) in [6, 6.07) is 0.809. The van der Waals surface area contributed by atoms with E-state index in [9.17, 15) is 35.9 Å². The van der Waals surface area contributed by atoms with Crippen molar-refractivity contribution < 1.29 is 35.9 Å². The third-order valence-corrected chi connectivity index (χ3v) is 8.75. The molecule has 4 aliphatic rings. The summed E-state index contributed by atoms with van der Waals surface area (Å²) < 4.78 is 79.3. The van der Waals surface area contributed by atoms with Crippen molar-refractivity contribution in [3.8, 4) is 0 Å². The van der Waals surface area contributed by atoms with Crippen molar-refractivity contribution in [1.82, 2.24) is 20.0 Å². The van der Waals surface area contributed by atoms with Crippen LogP contribution in [0.5, 0.6) is 0 Å². The molecular weight excluding hydrogens is 538 g/mol. The van der Waals surface area contributed by atoms with E-state index in [0.29, 0.717) is 63.2 Å². The molecule has 1 heterocycles. The normalized spacial score (nSPS) is 22.8. The second-order valence-corrected chi connectivity index (χ2v) is 11.5. The number of carbonyl (C=O) groups is 2. The number of urea groups is 1. The lowest BCUT2D eigenvalue weighted by atomic mass is 9.49. The Balaban J connectivity index is 1.36. The Morgan fingerprint density at radius 3 is 2.10 bits per heavy atom. The van der Waals surface area contributed by atoms with Gasteiger partial charge in [0.15, 0.2) is 0 Å². The van der Waals surface area contributed by atoms with Gasteiger partial charge in [0.25, 0.3) is 5.91 Å². The summed E-state index contributed by atoms with van der Waals surface area (Å²) in [5, 5.41) is 2.87. The Bertz CT molecular complexity index is 1110. The third-order valence-electron chi connectivity index (χ3n) is 8.75. The number of allylic oxidation sites excluding steroid dienone is 1. The molecule has 2 fully saturated rings. The first kappa shape index (κ1) is 30.2. The van der Waals surface area contributed by atoms with Gasteiger partial charge in [-0.25, -0.2) is 4.79 Å². The van der Waals surface area contributed by atoms with Gasteiger partial charge < -0.3 is 15.1 Å². The van der Waals surface area contributed by atoms with E-state index in [0.717, 1.165) is 12.8 Å². The van der Waals surface area contributed by atoms with Gasteiger partial charge in [-0.1, -0.05) is 25.5 Å². The van der Waals surface area contributed by atoms with E-state index in [1.165, 1.54) is 10.5 Å². The smallest absolute Gasteiger partial charge is 0.338 e. The molecule has 1 aliphatic heterocycles. The largest absolute Gasteiger partial charge is 0.416 e. The van der Waals surface area contributed by atoms with Crippen LogP contribution in [-0.4, -0.2) is 79.0 Å². The average Bonchev–Trinajstić information content (AvgIpc) is 2.89. The zero-order chi connectivity index (χ0) is 29.5. The summed E-state index contributed by atoms with van der Waals surface area (Å²) in [5.74, 6) is 0.284. The maximum absolute atomic E-state index is 13.2. The molecule has 1 N–H and O–H groups in total. The minimum Gasteiger partial charge on any atom is -0.338 e.